The van der Waals surface area contributed by atoms with Gasteiger partial charge < -0.3 is 10.5 Å². The van der Waals surface area contributed by atoms with E-state index in [9.17, 15) is 0 Å². The summed E-state index contributed by atoms with van der Waals surface area (Å²) in [5.41, 5.74) is 5.72. The van der Waals surface area contributed by atoms with Gasteiger partial charge in [0.15, 0.2) is 0 Å². The van der Waals surface area contributed by atoms with Gasteiger partial charge in [-0.1, -0.05) is 6.92 Å². The minimum atomic E-state index is 0.590. The van der Waals surface area contributed by atoms with E-state index in [1.807, 2.05) is 10.7 Å². The molecule has 0 aromatic carbocycles. The molecule has 0 saturated carbocycles. The highest BCUT2D eigenvalue weighted by Gasteiger charge is 2.05. The first kappa shape index (κ1) is 11.0. The van der Waals surface area contributed by atoms with Crippen molar-refractivity contribution in [1.82, 2.24) is 9.78 Å². The van der Waals surface area contributed by atoms with E-state index in [2.05, 4.69) is 12.0 Å². The van der Waals surface area contributed by atoms with E-state index >= 15 is 0 Å². The maximum Gasteiger partial charge on any atom is 0.121 e. The molecular formula is C10H19N3O. The maximum absolute atomic E-state index is 5.72. The minimum Gasteiger partial charge on any atom is -0.385 e. The first-order valence-corrected chi connectivity index (χ1v) is 5.00. The first-order valence-electron chi connectivity index (χ1n) is 5.00. The van der Waals surface area contributed by atoms with Crippen molar-refractivity contribution < 1.29 is 4.74 Å². The molecule has 0 bridgehead atoms. The lowest BCUT2D eigenvalue weighted by Gasteiger charge is -2.11. The van der Waals surface area contributed by atoms with Crippen LogP contribution in [0, 0.1) is 5.92 Å². The van der Waals surface area contributed by atoms with Crippen LogP contribution < -0.4 is 5.73 Å². The Hall–Kier alpha value is -1.03. The van der Waals surface area contributed by atoms with Crippen molar-refractivity contribution in [2.75, 3.05) is 19.5 Å². The number of nitrogen functional groups attached to an aromatic ring is 1. The quantitative estimate of drug-likeness (QED) is 0.704. The minimum absolute atomic E-state index is 0.590. The number of hydrogen-bond donors (Lipinski definition) is 1. The van der Waals surface area contributed by atoms with E-state index in [0.29, 0.717) is 5.92 Å². The van der Waals surface area contributed by atoms with Crippen LogP contribution in [0.4, 0.5) is 5.82 Å². The third-order valence-electron chi connectivity index (χ3n) is 2.28. The summed E-state index contributed by atoms with van der Waals surface area (Å²) in [5, 5.41) is 4.14. The SMILES string of the molecule is COCCCC(C)Cn1nccc1N. The average Bonchev–Trinajstić information content (AvgIpc) is 2.52. The molecule has 1 heterocycles. The molecule has 0 spiro atoms. The fraction of sp³-hybridized carbons (Fsp3) is 0.700. The molecule has 1 rings (SSSR count). The monoisotopic (exact) mass is 197 g/mol. The molecule has 4 heteroatoms. The second-order valence-corrected chi connectivity index (χ2v) is 3.68. The molecule has 0 saturated heterocycles. The van der Waals surface area contributed by atoms with Gasteiger partial charge in [0.05, 0.1) is 6.20 Å². The number of methoxy groups -OCH3 is 1. The summed E-state index contributed by atoms with van der Waals surface area (Å²) in [6.07, 6.45) is 3.98. The molecule has 1 unspecified atom stereocenters. The fourth-order valence-corrected chi connectivity index (χ4v) is 1.46. The van der Waals surface area contributed by atoms with Gasteiger partial charge >= 0.3 is 0 Å². The standard InChI is InChI=1S/C10H19N3O/c1-9(4-3-7-14-2)8-13-10(11)5-6-12-13/h5-6,9H,3-4,7-8,11H2,1-2H3. The van der Waals surface area contributed by atoms with E-state index in [1.165, 1.54) is 0 Å². The Morgan fingerprint density at radius 2 is 2.43 bits per heavy atom. The summed E-state index contributed by atoms with van der Waals surface area (Å²) in [7, 11) is 1.73. The largest absolute Gasteiger partial charge is 0.385 e. The molecule has 0 fully saturated rings. The van der Waals surface area contributed by atoms with Crippen molar-refractivity contribution in [2.24, 2.45) is 5.92 Å². The summed E-state index contributed by atoms with van der Waals surface area (Å²) in [4.78, 5) is 0. The van der Waals surface area contributed by atoms with E-state index in [1.54, 1.807) is 13.3 Å². The summed E-state index contributed by atoms with van der Waals surface area (Å²) in [6.45, 7) is 3.93. The molecule has 0 aliphatic heterocycles. The predicted octanol–water partition coefficient (Wildman–Crippen LogP) is 1.53. The van der Waals surface area contributed by atoms with E-state index in [4.69, 9.17) is 10.5 Å². The van der Waals surface area contributed by atoms with Gasteiger partial charge in [-0.2, -0.15) is 5.10 Å². The van der Waals surface area contributed by atoms with Crippen LogP contribution in [0.15, 0.2) is 12.3 Å². The molecule has 0 aliphatic carbocycles. The second kappa shape index (κ2) is 5.65. The molecule has 1 aromatic heterocycles. The highest BCUT2D eigenvalue weighted by Crippen LogP contribution is 2.10. The number of nitrogens with zero attached hydrogens (tertiary/aromatic N) is 2. The molecule has 4 nitrogen and oxygen atoms in total. The van der Waals surface area contributed by atoms with Crippen molar-refractivity contribution in [3.63, 3.8) is 0 Å². The fourth-order valence-electron chi connectivity index (χ4n) is 1.46. The van der Waals surface area contributed by atoms with Gasteiger partial charge in [-0.25, -0.2) is 4.68 Å². The Morgan fingerprint density at radius 3 is 3.00 bits per heavy atom. The lowest BCUT2D eigenvalue weighted by Crippen LogP contribution is -2.11. The lowest BCUT2D eigenvalue weighted by atomic mass is 10.1. The Morgan fingerprint density at radius 1 is 1.64 bits per heavy atom. The van der Waals surface area contributed by atoms with Gasteiger partial charge in [0.2, 0.25) is 0 Å². The Kier molecular flexibility index (Phi) is 4.46. The van der Waals surface area contributed by atoms with Crippen LogP contribution in [0.5, 0.6) is 0 Å². The van der Waals surface area contributed by atoms with Crippen molar-refractivity contribution in [2.45, 2.75) is 26.3 Å². The zero-order chi connectivity index (χ0) is 10.4. The molecule has 0 aliphatic rings. The summed E-state index contributed by atoms with van der Waals surface area (Å²) in [6, 6.07) is 1.82. The van der Waals surface area contributed by atoms with Crippen LogP contribution in [0.1, 0.15) is 19.8 Å². The van der Waals surface area contributed by atoms with E-state index in [-0.39, 0.29) is 0 Å². The van der Waals surface area contributed by atoms with Crippen molar-refractivity contribution in [3.8, 4) is 0 Å². The summed E-state index contributed by atoms with van der Waals surface area (Å²) < 4.78 is 6.85. The van der Waals surface area contributed by atoms with E-state index in [0.717, 1.165) is 31.8 Å². The number of ether oxygens (including phenoxy) is 1. The lowest BCUT2D eigenvalue weighted by molar-refractivity contribution is 0.186. The van der Waals surface area contributed by atoms with E-state index < -0.39 is 0 Å². The third-order valence-corrected chi connectivity index (χ3v) is 2.28. The highest BCUT2D eigenvalue weighted by molar-refractivity contribution is 5.25. The van der Waals surface area contributed by atoms with Crippen molar-refractivity contribution in [1.29, 1.82) is 0 Å². The van der Waals surface area contributed by atoms with Gasteiger partial charge in [-0.05, 0) is 24.8 Å². The van der Waals surface area contributed by atoms with Crippen molar-refractivity contribution >= 4 is 5.82 Å². The normalized spacial score (nSPS) is 13.0. The first-order chi connectivity index (χ1) is 6.74. The second-order valence-electron chi connectivity index (χ2n) is 3.68. The summed E-state index contributed by atoms with van der Waals surface area (Å²) in [5.74, 6) is 1.33. The number of anilines is 1. The molecule has 2 N–H and O–H groups in total. The Labute approximate surface area is 85.0 Å². The number of aromatic nitrogens is 2. The zero-order valence-electron chi connectivity index (χ0n) is 8.94. The van der Waals surface area contributed by atoms with Gasteiger partial charge in [-0.15, -0.1) is 0 Å². The van der Waals surface area contributed by atoms with Crippen LogP contribution in [0.25, 0.3) is 0 Å². The Bertz CT molecular complexity index is 260. The molecule has 14 heavy (non-hydrogen) atoms. The van der Waals surface area contributed by atoms with Crippen LogP contribution in [-0.4, -0.2) is 23.5 Å². The maximum atomic E-state index is 5.72. The van der Waals surface area contributed by atoms with Gasteiger partial charge in [0, 0.05) is 20.3 Å². The highest BCUT2D eigenvalue weighted by atomic mass is 16.5. The topological polar surface area (TPSA) is 53.1 Å². The smallest absolute Gasteiger partial charge is 0.121 e. The third kappa shape index (κ3) is 3.38. The van der Waals surface area contributed by atoms with Gasteiger partial charge in [0.1, 0.15) is 5.82 Å². The van der Waals surface area contributed by atoms with Crippen LogP contribution in [0.2, 0.25) is 0 Å². The number of nitrogens with two attached hydrogens (primary N) is 1. The molecule has 1 atom stereocenters. The van der Waals surface area contributed by atoms with Gasteiger partial charge in [-0.3, -0.25) is 0 Å². The molecule has 0 radical (unpaired) electrons. The van der Waals surface area contributed by atoms with Crippen LogP contribution in [0.3, 0.4) is 0 Å². The Balaban J connectivity index is 2.27. The number of hydrogen-bond acceptors (Lipinski definition) is 3. The predicted molar refractivity (Wildman–Crippen MR) is 56.9 cm³/mol. The number of rotatable bonds is 6. The molecule has 80 valence electrons. The molecule has 0 amide bonds. The average molecular weight is 197 g/mol. The molecular weight excluding hydrogens is 178 g/mol. The molecule has 1 aromatic rings. The summed E-state index contributed by atoms with van der Waals surface area (Å²) >= 11 is 0. The van der Waals surface area contributed by atoms with Gasteiger partial charge in [0.25, 0.3) is 0 Å². The van der Waals surface area contributed by atoms with Crippen molar-refractivity contribution in [3.05, 3.63) is 12.3 Å². The zero-order valence-corrected chi connectivity index (χ0v) is 8.94. The van der Waals surface area contributed by atoms with Crippen LogP contribution in [-0.2, 0) is 11.3 Å². The van der Waals surface area contributed by atoms with Crippen LogP contribution >= 0.6 is 0 Å².